The van der Waals surface area contributed by atoms with Crippen LogP contribution in [0.2, 0.25) is 5.02 Å². The van der Waals surface area contributed by atoms with Crippen LogP contribution in [-0.4, -0.2) is 25.5 Å². The highest BCUT2D eigenvalue weighted by Gasteiger charge is 2.35. The molecule has 0 radical (unpaired) electrons. The summed E-state index contributed by atoms with van der Waals surface area (Å²) in [5.41, 5.74) is 9.02. The molecule has 156 valence electrons. The Morgan fingerprint density at radius 1 is 1.29 bits per heavy atom. The van der Waals surface area contributed by atoms with Crippen molar-refractivity contribution in [3.05, 3.63) is 51.6 Å². The lowest BCUT2D eigenvalue weighted by Crippen LogP contribution is -2.38. The molecule has 28 heavy (non-hydrogen) atoms. The van der Waals surface area contributed by atoms with Crippen molar-refractivity contribution in [3.8, 4) is 0 Å². The SMILES string of the molecule is C=C(CC(N)C(C)(C)C/C(C=NC)=C(/C)C(F)(F)F)c1c(C)cc(C)cc1Cl. The maximum absolute atomic E-state index is 13.2. The number of rotatable bonds is 7. The Balaban J connectivity index is 3.10. The number of benzene rings is 1. The van der Waals surface area contributed by atoms with E-state index in [2.05, 4.69) is 11.6 Å². The topological polar surface area (TPSA) is 38.4 Å². The van der Waals surface area contributed by atoms with Gasteiger partial charge in [0.2, 0.25) is 0 Å². The van der Waals surface area contributed by atoms with Gasteiger partial charge in [0.15, 0.2) is 0 Å². The zero-order valence-electron chi connectivity index (χ0n) is 17.5. The van der Waals surface area contributed by atoms with E-state index in [9.17, 15) is 13.2 Å². The first-order valence-electron chi connectivity index (χ1n) is 9.10. The Bertz CT molecular complexity index is 766. The van der Waals surface area contributed by atoms with Gasteiger partial charge in [-0.3, -0.25) is 4.99 Å². The van der Waals surface area contributed by atoms with Gasteiger partial charge < -0.3 is 5.73 Å². The minimum Gasteiger partial charge on any atom is -0.327 e. The van der Waals surface area contributed by atoms with Crippen LogP contribution in [0.3, 0.4) is 0 Å². The first-order valence-corrected chi connectivity index (χ1v) is 9.48. The van der Waals surface area contributed by atoms with Crippen LogP contribution in [0.5, 0.6) is 0 Å². The Kier molecular flexibility index (Phi) is 8.10. The van der Waals surface area contributed by atoms with Gasteiger partial charge in [-0.05, 0) is 72.9 Å². The third kappa shape index (κ3) is 6.21. The lowest BCUT2D eigenvalue weighted by Gasteiger charge is -2.33. The average molecular weight is 415 g/mol. The molecule has 0 aliphatic carbocycles. The molecule has 0 aromatic heterocycles. The molecule has 1 atom stereocenters. The Morgan fingerprint density at radius 2 is 1.86 bits per heavy atom. The van der Waals surface area contributed by atoms with E-state index in [1.165, 1.54) is 13.3 Å². The van der Waals surface area contributed by atoms with E-state index in [1.54, 1.807) is 0 Å². The number of halogens is 4. The molecule has 1 aromatic rings. The van der Waals surface area contributed by atoms with Gasteiger partial charge in [-0.15, -0.1) is 0 Å². The average Bonchev–Trinajstić information content (AvgIpc) is 2.51. The molecular formula is C22H30ClF3N2. The highest BCUT2D eigenvalue weighted by molar-refractivity contribution is 6.32. The molecule has 0 saturated carbocycles. The molecule has 0 aliphatic rings. The number of nitrogens with two attached hydrogens (primary N) is 1. The van der Waals surface area contributed by atoms with E-state index < -0.39 is 23.2 Å². The van der Waals surface area contributed by atoms with Crippen LogP contribution in [0.4, 0.5) is 13.2 Å². The van der Waals surface area contributed by atoms with E-state index in [0.717, 1.165) is 29.2 Å². The van der Waals surface area contributed by atoms with Gasteiger partial charge in [-0.2, -0.15) is 13.2 Å². The fourth-order valence-electron chi connectivity index (χ4n) is 3.24. The number of alkyl halides is 3. The fraction of sp³-hybridized carbons (Fsp3) is 0.500. The highest BCUT2D eigenvalue weighted by atomic mass is 35.5. The molecule has 0 aliphatic heterocycles. The standard InChI is InChI=1S/C22H30ClF3N2/c1-13-8-14(2)20(18(23)9-13)15(3)10-19(27)21(5,6)11-17(12-28-7)16(4)22(24,25)26/h8-9,12,19H,3,10-11,27H2,1-2,4-7H3/b17-16+,28-12?. The van der Waals surface area contributed by atoms with Crippen molar-refractivity contribution < 1.29 is 13.2 Å². The van der Waals surface area contributed by atoms with E-state index in [0.29, 0.717) is 11.4 Å². The van der Waals surface area contributed by atoms with Gasteiger partial charge in [0.25, 0.3) is 0 Å². The van der Waals surface area contributed by atoms with Crippen LogP contribution in [0, 0.1) is 19.3 Å². The predicted molar refractivity (Wildman–Crippen MR) is 114 cm³/mol. The molecule has 1 rings (SSSR count). The van der Waals surface area contributed by atoms with Crippen molar-refractivity contribution >= 4 is 23.4 Å². The summed E-state index contributed by atoms with van der Waals surface area (Å²) in [6.45, 7) is 12.9. The molecule has 0 heterocycles. The number of aryl methyl sites for hydroxylation is 2. The number of nitrogens with zero attached hydrogens (tertiary/aromatic N) is 1. The zero-order valence-corrected chi connectivity index (χ0v) is 18.2. The van der Waals surface area contributed by atoms with E-state index in [-0.39, 0.29) is 12.0 Å². The summed E-state index contributed by atoms with van der Waals surface area (Å²) in [6, 6.07) is 3.49. The summed E-state index contributed by atoms with van der Waals surface area (Å²) in [5, 5.41) is 0.610. The van der Waals surface area contributed by atoms with Crippen molar-refractivity contribution in [3.63, 3.8) is 0 Å². The van der Waals surface area contributed by atoms with Gasteiger partial charge in [0, 0.05) is 29.9 Å². The molecule has 0 bridgehead atoms. The normalized spacial score (nSPS) is 15.0. The van der Waals surface area contributed by atoms with Crippen molar-refractivity contribution in [2.24, 2.45) is 16.1 Å². The summed E-state index contributed by atoms with van der Waals surface area (Å²) in [7, 11) is 1.46. The van der Waals surface area contributed by atoms with Crippen molar-refractivity contribution in [1.82, 2.24) is 0 Å². The Hall–Kier alpha value is -1.59. The summed E-state index contributed by atoms with van der Waals surface area (Å²) < 4.78 is 39.5. The minimum absolute atomic E-state index is 0.144. The summed E-state index contributed by atoms with van der Waals surface area (Å²) in [4.78, 5) is 3.80. The highest BCUT2D eigenvalue weighted by Crippen LogP contribution is 2.38. The van der Waals surface area contributed by atoms with Gasteiger partial charge in [0.1, 0.15) is 0 Å². The van der Waals surface area contributed by atoms with Crippen molar-refractivity contribution in [2.75, 3.05) is 7.05 Å². The monoisotopic (exact) mass is 414 g/mol. The number of hydrogen-bond donors (Lipinski definition) is 1. The molecule has 0 amide bonds. The molecule has 6 heteroatoms. The fourth-order valence-corrected chi connectivity index (χ4v) is 3.70. The number of aliphatic imine (C=N–C) groups is 1. The first-order chi connectivity index (χ1) is 12.7. The van der Waals surface area contributed by atoms with Gasteiger partial charge in [-0.1, -0.05) is 38.1 Å². The predicted octanol–water partition coefficient (Wildman–Crippen LogP) is 6.68. The summed E-state index contributed by atoms with van der Waals surface area (Å²) in [6.07, 6.45) is -2.54. The third-order valence-corrected chi connectivity index (χ3v) is 5.39. The minimum atomic E-state index is -4.40. The maximum atomic E-state index is 13.2. The molecule has 0 fully saturated rings. The second-order valence-corrected chi connectivity index (χ2v) is 8.46. The van der Waals surface area contributed by atoms with E-state index in [4.69, 9.17) is 17.3 Å². The largest absolute Gasteiger partial charge is 0.412 e. The summed E-state index contributed by atoms with van der Waals surface area (Å²) >= 11 is 6.39. The molecule has 0 saturated heterocycles. The number of hydrogen-bond acceptors (Lipinski definition) is 2. The lowest BCUT2D eigenvalue weighted by molar-refractivity contribution is -0.0921. The number of allylic oxidation sites excluding steroid dienone is 2. The van der Waals surface area contributed by atoms with Crippen LogP contribution in [0.25, 0.3) is 5.57 Å². The second-order valence-electron chi connectivity index (χ2n) is 8.05. The lowest BCUT2D eigenvalue weighted by atomic mass is 9.75. The quantitative estimate of drug-likeness (QED) is 0.496. The maximum Gasteiger partial charge on any atom is 0.412 e. The Morgan fingerprint density at radius 3 is 2.32 bits per heavy atom. The third-order valence-electron chi connectivity index (χ3n) is 5.09. The Labute approximate surface area is 171 Å². The van der Waals surface area contributed by atoms with E-state index >= 15 is 0 Å². The van der Waals surface area contributed by atoms with Gasteiger partial charge in [-0.25, -0.2) is 0 Å². The zero-order chi connectivity index (χ0) is 21.9. The molecule has 0 spiro atoms. The van der Waals surface area contributed by atoms with E-state index in [1.807, 2.05) is 39.8 Å². The van der Waals surface area contributed by atoms with Crippen LogP contribution in [0.15, 0.2) is 34.9 Å². The van der Waals surface area contributed by atoms with Gasteiger partial charge >= 0.3 is 6.18 Å². The summed E-state index contributed by atoms with van der Waals surface area (Å²) in [5.74, 6) is 0. The van der Waals surface area contributed by atoms with Crippen LogP contribution in [0.1, 0.15) is 50.3 Å². The van der Waals surface area contributed by atoms with Crippen LogP contribution < -0.4 is 5.73 Å². The van der Waals surface area contributed by atoms with Crippen LogP contribution in [-0.2, 0) is 0 Å². The molecule has 2 N–H and O–H groups in total. The van der Waals surface area contributed by atoms with Gasteiger partial charge in [0.05, 0.1) is 0 Å². The molecular weight excluding hydrogens is 385 g/mol. The second kappa shape index (κ2) is 9.27. The van der Waals surface area contributed by atoms with Crippen molar-refractivity contribution in [2.45, 2.75) is 59.7 Å². The smallest absolute Gasteiger partial charge is 0.327 e. The molecule has 1 aromatic carbocycles. The molecule has 1 unspecified atom stereocenters. The molecule has 2 nitrogen and oxygen atoms in total. The first kappa shape index (κ1) is 24.4. The van der Waals surface area contributed by atoms with Crippen LogP contribution >= 0.6 is 11.6 Å². The van der Waals surface area contributed by atoms with Crippen molar-refractivity contribution in [1.29, 1.82) is 0 Å².